The van der Waals surface area contributed by atoms with Gasteiger partial charge in [0.05, 0.1) is 18.9 Å². The third kappa shape index (κ3) is 12.1. The number of hydrogen-bond donors (Lipinski definition) is 1. The van der Waals surface area contributed by atoms with Gasteiger partial charge >= 0.3 is 24.1 Å². The second kappa shape index (κ2) is 17.6. The van der Waals surface area contributed by atoms with E-state index in [2.05, 4.69) is 0 Å². The van der Waals surface area contributed by atoms with Crippen LogP contribution in [0.15, 0.2) is 18.2 Å². The molecule has 0 radical (unpaired) electrons. The Hall–Kier alpha value is -3.14. The summed E-state index contributed by atoms with van der Waals surface area (Å²) in [7, 11) is 1.22. The SMILES string of the molecule is CCCC(C)C(=O)Oc1ccc(CC(N)(C[C@H](C)OC(=O)O[C@@H](C)CCC)C(=O)OC)cc1OC(=O)C(C)CCC. The molecular weight excluding hydrogens is 530 g/mol. The van der Waals surface area contributed by atoms with Gasteiger partial charge in [0.15, 0.2) is 11.5 Å². The van der Waals surface area contributed by atoms with Crippen LogP contribution in [-0.4, -0.2) is 48.9 Å². The summed E-state index contributed by atoms with van der Waals surface area (Å²) in [5.41, 5.74) is 5.48. The minimum atomic E-state index is -1.59. The minimum absolute atomic E-state index is 0.0375. The summed E-state index contributed by atoms with van der Waals surface area (Å²) in [4.78, 5) is 50.4. The van der Waals surface area contributed by atoms with Crippen molar-refractivity contribution in [3.8, 4) is 11.5 Å². The second-order valence-corrected chi connectivity index (χ2v) is 10.9. The number of ether oxygens (including phenoxy) is 5. The van der Waals surface area contributed by atoms with E-state index in [1.165, 1.54) is 19.2 Å². The fourth-order valence-corrected chi connectivity index (χ4v) is 4.52. The van der Waals surface area contributed by atoms with Gasteiger partial charge in [-0.25, -0.2) is 4.79 Å². The second-order valence-electron chi connectivity index (χ2n) is 10.9. The van der Waals surface area contributed by atoms with Crippen LogP contribution in [0.2, 0.25) is 0 Å². The molecule has 0 spiro atoms. The Morgan fingerprint density at radius 1 is 0.780 bits per heavy atom. The van der Waals surface area contributed by atoms with Gasteiger partial charge in [0.2, 0.25) is 0 Å². The van der Waals surface area contributed by atoms with Gasteiger partial charge in [-0.05, 0) is 50.8 Å². The molecule has 1 rings (SSSR count). The smallest absolute Gasteiger partial charge is 0.468 e. The lowest BCUT2D eigenvalue weighted by atomic mass is 9.86. The normalized spacial score (nSPS) is 15.4. The number of rotatable bonds is 17. The van der Waals surface area contributed by atoms with Crippen LogP contribution in [0.4, 0.5) is 4.79 Å². The number of esters is 3. The first kappa shape index (κ1) is 35.9. The summed E-state index contributed by atoms with van der Waals surface area (Å²) in [6.07, 6.45) is 2.42. The van der Waals surface area contributed by atoms with Gasteiger partial charge in [0.1, 0.15) is 17.7 Å². The zero-order valence-electron chi connectivity index (χ0n) is 25.9. The van der Waals surface area contributed by atoms with E-state index in [0.717, 1.165) is 19.3 Å². The van der Waals surface area contributed by atoms with Gasteiger partial charge in [-0.2, -0.15) is 0 Å². The summed E-state index contributed by atoms with van der Waals surface area (Å²) >= 11 is 0. The molecule has 1 aromatic carbocycles. The van der Waals surface area contributed by atoms with Gasteiger partial charge in [-0.3, -0.25) is 14.4 Å². The fourth-order valence-electron chi connectivity index (χ4n) is 4.52. The van der Waals surface area contributed by atoms with E-state index in [1.54, 1.807) is 33.8 Å². The van der Waals surface area contributed by atoms with E-state index in [9.17, 15) is 19.2 Å². The molecule has 0 fully saturated rings. The molecule has 0 bridgehead atoms. The Kier molecular flexibility index (Phi) is 15.4. The molecule has 2 N–H and O–H groups in total. The molecule has 0 aliphatic rings. The third-order valence-corrected chi connectivity index (χ3v) is 6.73. The predicted molar refractivity (Wildman–Crippen MR) is 155 cm³/mol. The van der Waals surface area contributed by atoms with E-state index >= 15 is 0 Å². The summed E-state index contributed by atoms with van der Waals surface area (Å²) < 4.78 is 26.8. The standard InChI is InChI=1S/C31H49NO9/c1-9-12-20(4)27(33)40-25-16-15-24(17-26(25)41-28(34)21(5)13-10-2)19-31(32,29(35)37-8)18-23(7)39-30(36)38-22(6)14-11-3/h15-17,20-23H,9-14,18-19,32H2,1-8H3/t20?,21?,22-,23-,31?/m0/s1. The van der Waals surface area contributed by atoms with Crippen molar-refractivity contribution < 1.29 is 42.9 Å². The van der Waals surface area contributed by atoms with E-state index in [0.29, 0.717) is 24.8 Å². The summed E-state index contributed by atoms with van der Waals surface area (Å²) in [5.74, 6) is -2.17. The zero-order valence-corrected chi connectivity index (χ0v) is 25.9. The fraction of sp³-hybridized carbons (Fsp3) is 0.677. The average Bonchev–Trinajstić information content (AvgIpc) is 2.89. The van der Waals surface area contributed by atoms with Crippen LogP contribution in [0.3, 0.4) is 0 Å². The highest BCUT2D eigenvalue weighted by molar-refractivity contribution is 5.81. The van der Waals surface area contributed by atoms with Crippen molar-refractivity contribution in [2.45, 2.75) is 118 Å². The molecule has 0 amide bonds. The number of hydrogen-bond acceptors (Lipinski definition) is 10. The highest BCUT2D eigenvalue weighted by Crippen LogP contribution is 2.32. The molecule has 0 heterocycles. The van der Waals surface area contributed by atoms with Crippen LogP contribution in [0.1, 0.15) is 99.0 Å². The van der Waals surface area contributed by atoms with Crippen molar-refractivity contribution in [2.75, 3.05) is 7.11 Å². The van der Waals surface area contributed by atoms with E-state index in [4.69, 9.17) is 29.4 Å². The quantitative estimate of drug-likeness (QED) is 0.175. The Labute approximate surface area is 244 Å². The van der Waals surface area contributed by atoms with Crippen LogP contribution in [-0.2, 0) is 35.0 Å². The first-order chi connectivity index (χ1) is 19.3. The Bertz CT molecular complexity index is 1010. The van der Waals surface area contributed by atoms with Crippen molar-refractivity contribution in [1.29, 1.82) is 0 Å². The molecule has 5 atom stereocenters. The van der Waals surface area contributed by atoms with Crippen LogP contribution >= 0.6 is 0 Å². The number of benzene rings is 1. The molecule has 0 saturated heterocycles. The maximum absolute atomic E-state index is 12.8. The Balaban J connectivity index is 3.25. The van der Waals surface area contributed by atoms with Crippen molar-refractivity contribution in [2.24, 2.45) is 17.6 Å². The zero-order chi connectivity index (χ0) is 31.2. The first-order valence-electron chi connectivity index (χ1n) is 14.6. The lowest BCUT2D eigenvalue weighted by Gasteiger charge is -2.29. The predicted octanol–water partition coefficient (Wildman–Crippen LogP) is 5.90. The van der Waals surface area contributed by atoms with Crippen molar-refractivity contribution >= 4 is 24.1 Å². The summed E-state index contributed by atoms with van der Waals surface area (Å²) in [6.45, 7) is 12.9. The molecule has 0 aromatic heterocycles. The van der Waals surface area contributed by atoms with Gasteiger partial charge in [-0.1, -0.05) is 59.9 Å². The Morgan fingerprint density at radius 2 is 1.29 bits per heavy atom. The molecule has 41 heavy (non-hydrogen) atoms. The summed E-state index contributed by atoms with van der Waals surface area (Å²) in [5, 5.41) is 0. The molecule has 232 valence electrons. The maximum atomic E-state index is 12.8. The van der Waals surface area contributed by atoms with E-state index in [-0.39, 0.29) is 42.3 Å². The lowest BCUT2D eigenvalue weighted by Crippen LogP contribution is -2.53. The van der Waals surface area contributed by atoms with Gasteiger partial charge in [0, 0.05) is 12.8 Å². The van der Waals surface area contributed by atoms with Gasteiger partial charge in [0.25, 0.3) is 0 Å². The maximum Gasteiger partial charge on any atom is 0.508 e. The monoisotopic (exact) mass is 579 g/mol. The van der Waals surface area contributed by atoms with E-state index < -0.39 is 35.7 Å². The van der Waals surface area contributed by atoms with Crippen molar-refractivity contribution in [3.63, 3.8) is 0 Å². The first-order valence-corrected chi connectivity index (χ1v) is 14.6. The number of carbonyl (C=O) groups excluding carboxylic acids is 4. The highest BCUT2D eigenvalue weighted by atomic mass is 16.7. The highest BCUT2D eigenvalue weighted by Gasteiger charge is 2.38. The number of nitrogens with two attached hydrogens (primary N) is 1. The van der Waals surface area contributed by atoms with Crippen LogP contribution in [0.25, 0.3) is 0 Å². The molecule has 1 aromatic rings. The molecule has 0 aliphatic heterocycles. The molecule has 10 heteroatoms. The number of methoxy groups -OCH3 is 1. The third-order valence-electron chi connectivity index (χ3n) is 6.73. The molecular formula is C31H49NO9. The van der Waals surface area contributed by atoms with E-state index in [1.807, 2.05) is 20.8 Å². The van der Waals surface area contributed by atoms with Crippen LogP contribution in [0, 0.1) is 11.8 Å². The van der Waals surface area contributed by atoms with Crippen LogP contribution in [0.5, 0.6) is 11.5 Å². The lowest BCUT2D eigenvalue weighted by molar-refractivity contribution is -0.148. The largest absolute Gasteiger partial charge is 0.508 e. The molecule has 3 unspecified atom stereocenters. The molecule has 10 nitrogen and oxygen atoms in total. The van der Waals surface area contributed by atoms with Crippen molar-refractivity contribution in [3.05, 3.63) is 23.8 Å². The van der Waals surface area contributed by atoms with Gasteiger partial charge < -0.3 is 29.4 Å². The molecule has 0 aliphatic carbocycles. The Morgan fingerprint density at radius 3 is 1.80 bits per heavy atom. The molecule has 0 saturated carbocycles. The minimum Gasteiger partial charge on any atom is -0.468 e. The topological polar surface area (TPSA) is 140 Å². The summed E-state index contributed by atoms with van der Waals surface area (Å²) in [6, 6.07) is 4.68. The van der Waals surface area contributed by atoms with Crippen LogP contribution < -0.4 is 15.2 Å². The number of carbonyl (C=O) groups is 4. The van der Waals surface area contributed by atoms with Gasteiger partial charge in [-0.15, -0.1) is 0 Å². The van der Waals surface area contributed by atoms with Crippen molar-refractivity contribution in [1.82, 2.24) is 0 Å². The average molecular weight is 580 g/mol.